The zero-order valence-corrected chi connectivity index (χ0v) is 13.9. The number of nitro benzene ring substituents is 1. The Morgan fingerprint density at radius 1 is 1.32 bits per heavy atom. The summed E-state index contributed by atoms with van der Waals surface area (Å²) in [7, 11) is 0. The first kappa shape index (κ1) is 16.4. The number of nitrogens with one attached hydrogen (secondary N) is 1. The molecule has 1 amide bonds. The van der Waals surface area contributed by atoms with E-state index in [-0.39, 0.29) is 5.69 Å². The maximum absolute atomic E-state index is 12.0. The van der Waals surface area contributed by atoms with Gasteiger partial charge in [0.2, 0.25) is 0 Å². The molecule has 22 heavy (non-hydrogen) atoms. The largest absolute Gasteiger partial charge is 0.272 e. The van der Waals surface area contributed by atoms with Crippen LogP contribution in [0.3, 0.4) is 0 Å². The molecule has 0 atom stereocenters. The molecule has 0 aliphatic rings. The normalized spacial score (nSPS) is 10.6. The van der Waals surface area contributed by atoms with Crippen LogP contribution in [0.4, 0.5) is 5.69 Å². The van der Waals surface area contributed by atoms with E-state index in [0.29, 0.717) is 16.1 Å². The van der Waals surface area contributed by atoms with Crippen molar-refractivity contribution in [2.24, 2.45) is 5.10 Å². The summed E-state index contributed by atoms with van der Waals surface area (Å²) < 4.78 is 0.870. The lowest BCUT2D eigenvalue weighted by molar-refractivity contribution is -0.384. The molecule has 0 fully saturated rings. The second-order valence-electron chi connectivity index (χ2n) is 4.18. The summed E-state index contributed by atoms with van der Waals surface area (Å²) in [6.07, 6.45) is 1.33. The first-order valence-electron chi connectivity index (χ1n) is 6.00. The molecule has 6 nitrogen and oxygen atoms in total. The third-order valence-electron chi connectivity index (χ3n) is 2.63. The average Bonchev–Trinajstić information content (AvgIpc) is 2.50. The fourth-order valence-electron chi connectivity index (χ4n) is 1.62. The maximum Gasteiger partial charge on any atom is 0.272 e. The summed E-state index contributed by atoms with van der Waals surface area (Å²) in [6.45, 7) is 0. The molecule has 0 saturated carbocycles. The molecule has 0 spiro atoms. The Morgan fingerprint density at radius 3 is 2.82 bits per heavy atom. The van der Waals surface area contributed by atoms with Crippen LogP contribution in [0.25, 0.3) is 0 Å². The highest BCUT2D eigenvalue weighted by molar-refractivity contribution is 14.1. The Morgan fingerprint density at radius 2 is 2.09 bits per heavy atom. The number of carbonyl (C=O) groups is 1. The zero-order valence-electron chi connectivity index (χ0n) is 11.0. The number of carbonyl (C=O) groups excluding carboxylic acids is 1. The fraction of sp³-hybridized carbons (Fsp3) is 0. The van der Waals surface area contributed by atoms with Gasteiger partial charge in [-0.05, 0) is 40.8 Å². The number of hydrogen-bond acceptors (Lipinski definition) is 4. The Balaban J connectivity index is 2.09. The van der Waals surface area contributed by atoms with Crippen LogP contribution in [0.15, 0.2) is 47.6 Å². The van der Waals surface area contributed by atoms with Crippen molar-refractivity contribution >= 4 is 52.0 Å². The molecule has 0 aliphatic carbocycles. The molecule has 2 rings (SSSR count). The van der Waals surface area contributed by atoms with Crippen molar-refractivity contribution < 1.29 is 9.72 Å². The van der Waals surface area contributed by atoms with E-state index in [1.54, 1.807) is 24.3 Å². The quantitative estimate of drug-likeness (QED) is 0.349. The molecule has 0 radical (unpaired) electrons. The average molecular weight is 430 g/mol. The van der Waals surface area contributed by atoms with Crippen molar-refractivity contribution in [3.05, 3.63) is 72.3 Å². The first-order valence-corrected chi connectivity index (χ1v) is 7.46. The smallest absolute Gasteiger partial charge is 0.267 e. The molecular weight excluding hydrogens is 421 g/mol. The molecular formula is C14H9ClIN3O3. The summed E-state index contributed by atoms with van der Waals surface area (Å²) in [5, 5.41) is 14.8. The number of nitrogens with zero attached hydrogens (tertiary/aromatic N) is 2. The Hall–Kier alpha value is -2.00. The van der Waals surface area contributed by atoms with Gasteiger partial charge in [-0.3, -0.25) is 14.9 Å². The predicted octanol–water partition coefficient (Wildman–Crippen LogP) is 3.62. The molecule has 8 heteroatoms. The van der Waals surface area contributed by atoms with E-state index in [1.165, 1.54) is 24.4 Å². The molecule has 2 aromatic carbocycles. The molecule has 0 aliphatic heterocycles. The minimum Gasteiger partial charge on any atom is -0.267 e. The summed E-state index contributed by atoms with van der Waals surface area (Å²) in [5.74, 6) is -0.454. The predicted molar refractivity (Wildman–Crippen MR) is 92.3 cm³/mol. The van der Waals surface area contributed by atoms with Crippen molar-refractivity contribution in [1.82, 2.24) is 5.43 Å². The molecule has 1 N–H and O–H groups in total. The summed E-state index contributed by atoms with van der Waals surface area (Å²) in [6, 6.07) is 11.0. The summed E-state index contributed by atoms with van der Waals surface area (Å²) >= 11 is 8.02. The van der Waals surface area contributed by atoms with Crippen molar-refractivity contribution in [2.45, 2.75) is 0 Å². The van der Waals surface area contributed by atoms with Crippen LogP contribution in [-0.4, -0.2) is 17.0 Å². The molecule has 112 valence electrons. The molecule has 0 aromatic heterocycles. The van der Waals surface area contributed by atoms with E-state index in [9.17, 15) is 14.9 Å². The lowest BCUT2D eigenvalue weighted by Crippen LogP contribution is -2.18. The van der Waals surface area contributed by atoms with Crippen molar-refractivity contribution in [3.8, 4) is 0 Å². The van der Waals surface area contributed by atoms with E-state index >= 15 is 0 Å². The lowest BCUT2D eigenvalue weighted by Gasteiger charge is -2.03. The highest BCUT2D eigenvalue weighted by Crippen LogP contribution is 2.18. The minimum absolute atomic E-state index is 0.0454. The molecule has 0 saturated heterocycles. The number of hydrazone groups is 1. The van der Waals surface area contributed by atoms with Gasteiger partial charge >= 0.3 is 0 Å². The van der Waals surface area contributed by atoms with Crippen LogP contribution in [0.1, 0.15) is 15.9 Å². The standard InChI is InChI=1S/C14H9ClIN3O3/c15-13-5-4-10(16)7-12(13)14(20)18-17-8-9-2-1-3-11(6-9)19(21)22/h1-8H,(H,18,20)/b17-8+. The van der Waals surface area contributed by atoms with Gasteiger partial charge in [0.1, 0.15) is 0 Å². The number of halogens is 2. The van der Waals surface area contributed by atoms with Gasteiger partial charge in [-0.25, -0.2) is 5.43 Å². The first-order chi connectivity index (χ1) is 10.5. The van der Waals surface area contributed by atoms with Crippen LogP contribution < -0.4 is 5.43 Å². The number of amides is 1. The third kappa shape index (κ3) is 4.25. The van der Waals surface area contributed by atoms with Gasteiger partial charge in [0.05, 0.1) is 21.7 Å². The van der Waals surface area contributed by atoms with Gasteiger partial charge in [-0.15, -0.1) is 0 Å². The van der Waals surface area contributed by atoms with Crippen LogP contribution in [-0.2, 0) is 0 Å². The van der Waals surface area contributed by atoms with Crippen LogP contribution in [0, 0.1) is 13.7 Å². The highest BCUT2D eigenvalue weighted by atomic mass is 127. The number of non-ortho nitro benzene ring substituents is 1. The zero-order chi connectivity index (χ0) is 16.1. The van der Waals surface area contributed by atoms with Crippen molar-refractivity contribution in [2.75, 3.05) is 0 Å². The Kier molecular flexibility index (Phi) is 5.45. The molecule has 2 aromatic rings. The lowest BCUT2D eigenvalue weighted by atomic mass is 10.2. The van der Waals surface area contributed by atoms with E-state index in [4.69, 9.17) is 11.6 Å². The molecule has 0 heterocycles. The topological polar surface area (TPSA) is 84.6 Å². The Bertz CT molecular complexity index is 765. The number of hydrogen-bond donors (Lipinski definition) is 1. The SMILES string of the molecule is O=C(N/N=C/c1cccc([N+](=O)[O-])c1)c1cc(I)ccc1Cl. The number of nitro groups is 1. The van der Waals surface area contributed by atoms with Crippen molar-refractivity contribution in [1.29, 1.82) is 0 Å². The number of benzene rings is 2. The van der Waals surface area contributed by atoms with Gasteiger partial charge in [0.25, 0.3) is 11.6 Å². The second-order valence-corrected chi connectivity index (χ2v) is 5.83. The monoisotopic (exact) mass is 429 g/mol. The van der Waals surface area contributed by atoms with E-state index in [0.717, 1.165) is 3.57 Å². The van der Waals surface area contributed by atoms with E-state index in [2.05, 4.69) is 33.1 Å². The van der Waals surface area contributed by atoms with Gasteiger partial charge in [-0.1, -0.05) is 23.7 Å². The second kappa shape index (κ2) is 7.32. The van der Waals surface area contributed by atoms with Gasteiger partial charge < -0.3 is 0 Å². The number of rotatable bonds is 4. The fourth-order valence-corrected chi connectivity index (χ4v) is 2.31. The maximum atomic E-state index is 12.0. The minimum atomic E-state index is -0.498. The van der Waals surface area contributed by atoms with Crippen molar-refractivity contribution in [3.63, 3.8) is 0 Å². The van der Waals surface area contributed by atoms with E-state index < -0.39 is 10.8 Å². The Labute approximate surface area is 144 Å². The van der Waals surface area contributed by atoms with Crippen LogP contribution in [0.5, 0.6) is 0 Å². The third-order valence-corrected chi connectivity index (χ3v) is 3.63. The molecule has 0 unspecified atom stereocenters. The van der Waals surface area contributed by atoms with E-state index in [1.807, 2.05) is 0 Å². The molecule has 0 bridgehead atoms. The summed E-state index contributed by atoms with van der Waals surface area (Å²) in [5.41, 5.74) is 3.10. The van der Waals surface area contributed by atoms with Crippen LogP contribution >= 0.6 is 34.2 Å². The van der Waals surface area contributed by atoms with Gasteiger partial charge in [0, 0.05) is 21.3 Å². The van der Waals surface area contributed by atoms with Gasteiger partial charge in [-0.2, -0.15) is 5.10 Å². The highest BCUT2D eigenvalue weighted by Gasteiger charge is 2.10. The van der Waals surface area contributed by atoms with Gasteiger partial charge in [0.15, 0.2) is 0 Å². The summed E-state index contributed by atoms with van der Waals surface area (Å²) in [4.78, 5) is 22.1. The van der Waals surface area contributed by atoms with Crippen LogP contribution in [0.2, 0.25) is 5.02 Å².